The molecule has 1 aromatic carbocycles. The summed E-state index contributed by atoms with van der Waals surface area (Å²) in [6, 6.07) is 8.36. The van der Waals surface area contributed by atoms with E-state index in [1.165, 1.54) is 36.7 Å². The molecule has 2 aromatic rings. The predicted octanol–water partition coefficient (Wildman–Crippen LogP) is 1.30. The molecule has 7 heteroatoms. The Labute approximate surface area is 119 Å². The Hall–Kier alpha value is -2.96. The van der Waals surface area contributed by atoms with Crippen molar-refractivity contribution in [3.05, 3.63) is 59.8 Å². The minimum Gasteiger partial charge on any atom is -0.463 e. The maximum atomic E-state index is 12.7. The Morgan fingerprint density at radius 3 is 2.67 bits per heavy atom. The lowest BCUT2D eigenvalue weighted by molar-refractivity contribution is -0.120. The standard InChI is InChI=1S/C14H12FN3O3/c15-11-5-3-10(4-6-11)14(20)16-9-13(19)18-17-8-12-2-1-7-21-12/h1-8H,9H2,(H,16,20)(H,18,19)/b17-8-. The van der Waals surface area contributed by atoms with E-state index in [9.17, 15) is 14.0 Å². The maximum Gasteiger partial charge on any atom is 0.259 e. The summed E-state index contributed by atoms with van der Waals surface area (Å²) in [5.74, 6) is -0.907. The molecule has 0 bridgehead atoms. The summed E-state index contributed by atoms with van der Waals surface area (Å²) in [6.45, 7) is -0.244. The molecular weight excluding hydrogens is 277 g/mol. The van der Waals surface area contributed by atoms with Crippen molar-refractivity contribution in [1.29, 1.82) is 0 Å². The summed E-state index contributed by atoms with van der Waals surface area (Å²) in [5.41, 5.74) is 2.50. The first kappa shape index (κ1) is 14.4. The van der Waals surface area contributed by atoms with Gasteiger partial charge in [-0.1, -0.05) is 0 Å². The fourth-order valence-electron chi connectivity index (χ4n) is 1.44. The fraction of sp³-hybridized carbons (Fsp3) is 0.0714. The van der Waals surface area contributed by atoms with Gasteiger partial charge in [0.15, 0.2) is 0 Å². The van der Waals surface area contributed by atoms with E-state index in [2.05, 4.69) is 15.8 Å². The average molecular weight is 289 g/mol. The smallest absolute Gasteiger partial charge is 0.259 e. The zero-order valence-corrected chi connectivity index (χ0v) is 10.9. The molecule has 1 heterocycles. The molecule has 0 unspecified atom stereocenters. The number of hydrogen-bond donors (Lipinski definition) is 2. The minimum atomic E-state index is -0.492. The van der Waals surface area contributed by atoms with E-state index in [-0.39, 0.29) is 12.1 Å². The molecule has 0 atom stereocenters. The van der Waals surface area contributed by atoms with E-state index < -0.39 is 17.6 Å². The van der Waals surface area contributed by atoms with Crippen LogP contribution in [0.5, 0.6) is 0 Å². The number of furan rings is 1. The lowest BCUT2D eigenvalue weighted by atomic mass is 10.2. The Kier molecular flexibility index (Phi) is 4.81. The predicted molar refractivity (Wildman–Crippen MR) is 73.2 cm³/mol. The minimum absolute atomic E-state index is 0.244. The van der Waals surface area contributed by atoms with Gasteiger partial charge in [0.2, 0.25) is 0 Å². The molecule has 2 N–H and O–H groups in total. The highest BCUT2D eigenvalue weighted by molar-refractivity contribution is 5.96. The monoisotopic (exact) mass is 289 g/mol. The van der Waals surface area contributed by atoms with E-state index in [0.717, 1.165) is 0 Å². The first-order valence-electron chi connectivity index (χ1n) is 6.04. The van der Waals surface area contributed by atoms with Crippen LogP contribution in [-0.2, 0) is 4.79 Å². The number of nitrogens with one attached hydrogen (secondary N) is 2. The molecule has 0 fully saturated rings. The number of hydrogen-bond acceptors (Lipinski definition) is 4. The van der Waals surface area contributed by atoms with E-state index in [1.807, 2.05) is 0 Å². The van der Waals surface area contributed by atoms with Gasteiger partial charge >= 0.3 is 0 Å². The third kappa shape index (κ3) is 4.57. The summed E-state index contributed by atoms with van der Waals surface area (Å²) in [5, 5.41) is 6.05. The van der Waals surface area contributed by atoms with Crippen LogP contribution in [0.4, 0.5) is 4.39 Å². The average Bonchev–Trinajstić information content (AvgIpc) is 2.99. The van der Waals surface area contributed by atoms with E-state index in [0.29, 0.717) is 5.76 Å². The van der Waals surface area contributed by atoms with Crippen molar-refractivity contribution in [3.8, 4) is 0 Å². The van der Waals surface area contributed by atoms with Crippen molar-refractivity contribution in [2.45, 2.75) is 0 Å². The quantitative estimate of drug-likeness (QED) is 0.643. The van der Waals surface area contributed by atoms with Crippen molar-refractivity contribution in [2.75, 3.05) is 6.54 Å². The number of nitrogens with zero attached hydrogens (tertiary/aromatic N) is 1. The van der Waals surface area contributed by atoms with Gasteiger partial charge in [-0.05, 0) is 36.4 Å². The highest BCUT2D eigenvalue weighted by Crippen LogP contribution is 2.02. The summed E-state index contributed by atoms with van der Waals surface area (Å²) < 4.78 is 17.7. The Morgan fingerprint density at radius 1 is 1.24 bits per heavy atom. The highest BCUT2D eigenvalue weighted by Gasteiger charge is 2.07. The van der Waals surface area contributed by atoms with Crippen LogP contribution in [-0.4, -0.2) is 24.6 Å². The van der Waals surface area contributed by atoms with Gasteiger partial charge in [0.1, 0.15) is 11.6 Å². The second-order valence-electron chi connectivity index (χ2n) is 4.00. The summed E-state index contributed by atoms with van der Waals surface area (Å²) >= 11 is 0. The molecule has 1 aromatic heterocycles. The lowest BCUT2D eigenvalue weighted by Crippen LogP contribution is -2.34. The third-order valence-electron chi connectivity index (χ3n) is 2.44. The van der Waals surface area contributed by atoms with E-state index in [4.69, 9.17) is 4.42 Å². The second-order valence-corrected chi connectivity index (χ2v) is 4.00. The molecule has 21 heavy (non-hydrogen) atoms. The van der Waals surface area contributed by atoms with Crippen LogP contribution in [0.15, 0.2) is 52.2 Å². The summed E-state index contributed by atoms with van der Waals surface area (Å²) in [4.78, 5) is 23.1. The topological polar surface area (TPSA) is 83.7 Å². The van der Waals surface area contributed by atoms with Crippen LogP contribution in [0, 0.1) is 5.82 Å². The molecular formula is C14H12FN3O3. The summed E-state index contributed by atoms with van der Waals surface area (Å²) in [6.07, 6.45) is 2.81. The lowest BCUT2D eigenvalue weighted by Gasteiger charge is -2.03. The van der Waals surface area contributed by atoms with Crippen molar-refractivity contribution in [2.24, 2.45) is 5.10 Å². The Balaban J connectivity index is 1.76. The van der Waals surface area contributed by atoms with Gasteiger partial charge in [-0.25, -0.2) is 9.82 Å². The SMILES string of the molecule is O=C(CNC(=O)c1ccc(F)cc1)N/N=C\c1ccco1. The van der Waals surface area contributed by atoms with Crippen LogP contribution < -0.4 is 10.7 Å². The molecule has 6 nitrogen and oxygen atoms in total. The van der Waals surface area contributed by atoms with Gasteiger partial charge in [0, 0.05) is 5.56 Å². The molecule has 0 radical (unpaired) electrons. The van der Waals surface area contributed by atoms with Crippen LogP contribution in [0.3, 0.4) is 0 Å². The number of halogens is 1. The normalized spacial score (nSPS) is 10.5. The van der Waals surface area contributed by atoms with Crippen LogP contribution >= 0.6 is 0 Å². The Morgan fingerprint density at radius 2 is 2.00 bits per heavy atom. The fourth-order valence-corrected chi connectivity index (χ4v) is 1.44. The van der Waals surface area contributed by atoms with Crippen molar-refractivity contribution in [3.63, 3.8) is 0 Å². The van der Waals surface area contributed by atoms with Crippen LogP contribution in [0.2, 0.25) is 0 Å². The van der Waals surface area contributed by atoms with Gasteiger partial charge < -0.3 is 9.73 Å². The molecule has 0 aliphatic carbocycles. The Bertz CT molecular complexity index is 636. The largest absolute Gasteiger partial charge is 0.463 e. The van der Waals surface area contributed by atoms with Gasteiger partial charge in [0.05, 0.1) is 19.0 Å². The molecule has 2 rings (SSSR count). The van der Waals surface area contributed by atoms with E-state index >= 15 is 0 Å². The molecule has 0 aliphatic heterocycles. The molecule has 0 saturated heterocycles. The van der Waals surface area contributed by atoms with Crippen molar-refractivity contribution >= 4 is 18.0 Å². The number of carbonyl (C=O) groups excluding carboxylic acids is 2. The van der Waals surface area contributed by atoms with Crippen LogP contribution in [0.1, 0.15) is 16.1 Å². The van der Waals surface area contributed by atoms with Crippen molar-refractivity contribution < 1.29 is 18.4 Å². The molecule has 0 aliphatic rings. The number of amides is 2. The number of benzene rings is 1. The second kappa shape index (κ2) is 6.99. The number of rotatable bonds is 5. The zero-order valence-electron chi connectivity index (χ0n) is 10.9. The third-order valence-corrected chi connectivity index (χ3v) is 2.44. The maximum absolute atomic E-state index is 12.7. The molecule has 108 valence electrons. The van der Waals surface area contributed by atoms with Gasteiger partial charge in [0.25, 0.3) is 11.8 Å². The van der Waals surface area contributed by atoms with E-state index in [1.54, 1.807) is 12.1 Å². The summed E-state index contributed by atoms with van der Waals surface area (Å²) in [7, 11) is 0. The van der Waals surface area contributed by atoms with Gasteiger partial charge in [-0.2, -0.15) is 5.10 Å². The number of hydrazone groups is 1. The van der Waals surface area contributed by atoms with Crippen LogP contribution in [0.25, 0.3) is 0 Å². The first-order chi connectivity index (χ1) is 10.1. The molecule has 0 saturated carbocycles. The first-order valence-corrected chi connectivity index (χ1v) is 6.04. The van der Waals surface area contributed by atoms with Crippen molar-refractivity contribution in [1.82, 2.24) is 10.7 Å². The van der Waals surface area contributed by atoms with Gasteiger partial charge in [-0.15, -0.1) is 0 Å². The molecule has 0 spiro atoms. The zero-order chi connectivity index (χ0) is 15.1. The number of carbonyl (C=O) groups is 2. The molecule has 2 amide bonds. The van der Waals surface area contributed by atoms with Gasteiger partial charge in [-0.3, -0.25) is 9.59 Å². The highest BCUT2D eigenvalue weighted by atomic mass is 19.1.